The molecule has 0 amide bonds. The zero-order valence-electron chi connectivity index (χ0n) is 17.5. The number of benzene rings is 2. The molecule has 0 saturated heterocycles. The Morgan fingerprint density at radius 2 is 1.41 bits per heavy atom. The van der Waals surface area contributed by atoms with E-state index in [1.54, 1.807) is 36.4 Å². The van der Waals surface area contributed by atoms with Crippen LogP contribution < -0.4 is 9.50 Å². The lowest BCUT2D eigenvalue weighted by molar-refractivity contribution is -0.117. The first-order valence-electron chi connectivity index (χ1n) is 10.8. The minimum atomic E-state index is -4.00. The van der Waals surface area contributed by atoms with Crippen molar-refractivity contribution < 1.29 is 22.2 Å². The van der Waals surface area contributed by atoms with E-state index in [1.807, 2.05) is 6.07 Å². The van der Waals surface area contributed by atoms with Gasteiger partial charge in [-0.25, -0.2) is 0 Å². The van der Waals surface area contributed by atoms with E-state index < -0.39 is 16.0 Å². The maximum absolute atomic E-state index is 12.9. The Labute approximate surface area is 187 Å². The largest absolute Gasteiger partial charge is 0.379 e. The number of allylic oxidation sites excluding steroid dienone is 4. The number of hydrogen-bond acceptors (Lipinski definition) is 6. The van der Waals surface area contributed by atoms with Gasteiger partial charge in [-0.05, 0) is 55.5 Å². The fourth-order valence-electron chi connectivity index (χ4n) is 4.82. The van der Waals surface area contributed by atoms with E-state index >= 15 is 0 Å². The van der Waals surface area contributed by atoms with Crippen LogP contribution in [-0.4, -0.2) is 20.0 Å². The summed E-state index contributed by atoms with van der Waals surface area (Å²) in [5.41, 5.74) is 3.74. The van der Waals surface area contributed by atoms with E-state index in [-0.39, 0.29) is 22.2 Å². The number of hydrogen-bond donors (Lipinski definition) is 1. The molecule has 3 aliphatic rings. The molecular weight excluding hydrogens is 426 g/mol. The SMILES string of the molecule is O=C1CCCC2=C1C(c1cccc(OS(=O)(=O)c3ccccc3)c1)C1=C(CCCC1=O)N2. The highest BCUT2D eigenvalue weighted by molar-refractivity contribution is 7.87. The van der Waals surface area contributed by atoms with Crippen molar-refractivity contribution in [1.82, 2.24) is 5.32 Å². The van der Waals surface area contributed by atoms with Crippen molar-refractivity contribution in [1.29, 1.82) is 0 Å². The molecule has 0 aromatic heterocycles. The van der Waals surface area contributed by atoms with Gasteiger partial charge in [0, 0.05) is 41.3 Å². The van der Waals surface area contributed by atoms with Gasteiger partial charge in [-0.3, -0.25) is 9.59 Å². The Morgan fingerprint density at radius 1 is 0.781 bits per heavy atom. The van der Waals surface area contributed by atoms with Crippen LogP contribution in [-0.2, 0) is 19.7 Å². The highest BCUT2D eigenvalue weighted by atomic mass is 32.2. The van der Waals surface area contributed by atoms with Crippen LogP contribution in [0.15, 0.2) is 82.0 Å². The van der Waals surface area contributed by atoms with Gasteiger partial charge < -0.3 is 9.50 Å². The average Bonchev–Trinajstić information content (AvgIpc) is 2.79. The molecule has 1 N–H and O–H groups in total. The summed E-state index contributed by atoms with van der Waals surface area (Å²) < 4.78 is 30.8. The highest BCUT2D eigenvalue weighted by Gasteiger charge is 2.40. The molecule has 0 bridgehead atoms. The van der Waals surface area contributed by atoms with Crippen LogP contribution in [0.5, 0.6) is 5.75 Å². The van der Waals surface area contributed by atoms with Crippen molar-refractivity contribution in [3.8, 4) is 5.75 Å². The van der Waals surface area contributed by atoms with Crippen LogP contribution in [0.4, 0.5) is 0 Å². The molecule has 2 aromatic carbocycles. The molecule has 0 spiro atoms. The van der Waals surface area contributed by atoms with E-state index in [4.69, 9.17) is 4.18 Å². The molecule has 2 aromatic rings. The Bertz CT molecular complexity index is 1230. The first-order valence-corrected chi connectivity index (χ1v) is 12.2. The molecule has 2 aliphatic carbocycles. The van der Waals surface area contributed by atoms with Crippen LogP contribution in [0.3, 0.4) is 0 Å². The Hall–Kier alpha value is -3.19. The second-order valence-electron chi connectivity index (χ2n) is 8.32. The molecule has 0 radical (unpaired) electrons. The molecule has 32 heavy (non-hydrogen) atoms. The van der Waals surface area contributed by atoms with Gasteiger partial charge in [-0.15, -0.1) is 0 Å². The summed E-state index contributed by atoms with van der Waals surface area (Å²) in [4.78, 5) is 25.9. The normalized spacial score (nSPS) is 19.4. The monoisotopic (exact) mass is 449 g/mol. The molecule has 1 heterocycles. The number of rotatable bonds is 4. The van der Waals surface area contributed by atoms with E-state index in [9.17, 15) is 18.0 Å². The third-order valence-electron chi connectivity index (χ3n) is 6.22. The first kappa shape index (κ1) is 20.7. The zero-order valence-corrected chi connectivity index (χ0v) is 18.3. The summed E-state index contributed by atoms with van der Waals surface area (Å²) in [5, 5.41) is 3.38. The molecule has 5 rings (SSSR count). The smallest absolute Gasteiger partial charge is 0.339 e. The molecule has 0 unspecified atom stereocenters. The Kier molecular flexibility index (Phi) is 5.21. The fraction of sp³-hybridized carbons (Fsp3) is 0.280. The van der Waals surface area contributed by atoms with Crippen LogP contribution >= 0.6 is 0 Å². The molecular formula is C25H23NO5S. The van der Waals surface area contributed by atoms with Crippen molar-refractivity contribution in [2.45, 2.75) is 49.3 Å². The van der Waals surface area contributed by atoms with Gasteiger partial charge in [0.2, 0.25) is 0 Å². The molecule has 0 atom stereocenters. The van der Waals surface area contributed by atoms with E-state index in [0.717, 1.165) is 37.1 Å². The third-order valence-corrected chi connectivity index (χ3v) is 7.48. The molecule has 0 fully saturated rings. The highest BCUT2D eigenvalue weighted by Crippen LogP contribution is 2.45. The summed E-state index contributed by atoms with van der Waals surface area (Å²) in [5.74, 6) is -0.265. The number of Topliss-reactive ketones (excluding diaryl/α,β-unsaturated/α-hetero) is 2. The maximum Gasteiger partial charge on any atom is 0.339 e. The number of ketones is 2. The van der Waals surface area contributed by atoms with Crippen molar-refractivity contribution in [3.05, 3.63) is 82.7 Å². The predicted octanol–water partition coefficient (Wildman–Crippen LogP) is 4.16. The fourth-order valence-corrected chi connectivity index (χ4v) is 5.77. The molecule has 164 valence electrons. The summed E-state index contributed by atoms with van der Waals surface area (Å²) in [6.45, 7) is 0. The third kappa shape index (κ3) is 3.66. The molecule has 6 nitrogen and oxygen atoms in total. The summed E-state index contributed by atoms with van der Waals surface area (Å²) in [7, 11) is -4.00. The van der Waals surface area contributed by atoms with Crippen molar-refractivity contribution in [2.24, 2.45) is 0 Å². The molecule has 1 aliphatic heterocycles. The summed E-state index contributed by atoms with van der Waals surface area (Å²) in [6.07, 6.45) is 4.00. The van der Waals surface area contributed by atoms with E-state index in [1.165, 1.54) is 12.1 Å². The van der Waals surface area contributed by atoms with Crippen molar-refractivity contribution in [2.75, 3.05) is 0 Å². The van der Waals surface area contributed by atoms with Gasteiger partial charge in [-0.1, -0.05) is 30.3 Å². The lowest BCUT2D eigenvalue weighted by Gasteiger charge is -2.37. The minimum Gasteiger partial charge on any atom is -0.379 e. The predicted molar refractivity (Wildman–Crippen MR) is 118 cm³/mol. The Morgan fingerprint density at radius 3 is 2.03 bits per heavy atom. The van der Waals surface area contributed by atoms with Crippen LogP contribution in [0.25, 0.3) is 0 Å². The first-order chi connectivity index (χ1) is 15.4. The standard InChI is InChI=1S/C25H23NO5S/c27-21-13-5-11-19-24(21)23(25-20(26-19)12-6-14-22(25)28)16-7-4-8-17(15-16)31-32(29,30)18-9-2-1-3-10-18/h1-4,7-10,15,23,26H,5-6,11-14H2. The Balaban J connectivity index is 1.57. The molecule has 0 saturated carbocycles. The van der Waals surface area contributed by atoms with Gasteiger partial charge in [0.15, 0.2) is 11.6 Å². The average molecular weight is 450 g/mol. The van der Waals surface area contributed by atoms with Crippen LogP contribution in [0.2, 0.25) is 0 Å². The summed E-state index contributed by atoms with van der Waals surface area (Å²) in [6, 6.07) is 14.7. The lowest BCUT2D eigenvalue weighted by Crippen LogP contribution is -2.36. The van der Waals surface area contributed by atoms with Gasteiger partial charge in [-0.2, -0.15) is 8.42 Å². The lowest BCUT2D eigenvalue weighted by atomic mass is 9.71. The van der Waals surface area contributed by atoms with E-state index in [0.29, 0.717) is 29.6 Å². The number of dihydropyridines is 1. The number of carbonyl (C=O) groups excluding carboxylic acids is 2. The van der Waals surface area contributed by atoms with Crippen LogP contribution in [0.1, 0.15) is 50.0 Å². The second-order valence-corrected chi connectivity index (χ2v) is 9.87. The van der Waals surface area contributed by atoms with Crippen LogP contribution in [0, 0.1) is 0 Å². The second kappa shape index (κ2) is 8.06. The molecule has 7 heteroatoms. The maximum atomic E-state index is 12.9. The van der Waals surface area contributed by atoms with Gasteiger partial charge >= 0.3 is 10.1 Å². The van der Waals surface area contributed by atoms with E-state index in [2.05, 4.69) is 5.32 Å². The summed E-state index contributed by atoms with van der Waals surface area (Å²) >= 11 is 0. The van der Waals surface area contributed by atoms with Gasteiger partial charge in [0.1, 0.15) is 10.6 Å². The van der Waals surface area contributed by atoms with Gasteiger partial charge in [0.25, 0.3) is 0 Å². The van der Waals surface area contributed by atoms with Crippen molar-refractivity contribution >= 4 is 21.7 Å². The van der Waals surface area contributed by atoms with Gasteiger partial charge in [0.05, 0.1) is 0 Å². The van der Waals surface area contributed by atoms with Crippen molar-refractivity contribution in [3.63, 3.8) is 0 Å². The zero-order chi connectivity index (χ0) is 22.3. The number of carbonyl (C=O) groups is 2. The number of nitrogens with one attached hydrogen (secondary N) is 1. The quantitative estimate of drug-likeness (QED) is 0.705. The minimum absolute atomic E-state index is 0.0388. The topological polar surface area (TPSA) is 89.5 Å².